The van der Waals surface area contributed by atoms with Crippen LogP contribution in [0.25, 0.3) is 66.1 Å². The first-order valence-electron chi connectivity index (χ1n) is 16.3. The highest BCUT2D eigenvalue weighted by atomic mass is 16.3. The van der Waals surface area contributed by atoms with Crippen LogP contribution in [0.4, 0.5) is 17.1 Å². The highest BCUT2D eigenvalue weighted by Crippen LogP contribution is 2.46. The molecule has 0 amide bonds. The van der Waals surface area contributed by atoms with Crippen molar-refractivity contribution >= 4 is 49.6 Å². The van der Waals surface area contributed by atoms with Crippen molar-refractivity contribution in [1.29, 1.82) is 0 Å². The van der Waals surface area contributed by atoms with E-state index in [-0.39, 0.29) is 0 Å². The second-order valence-corrected chi connectivity index (χ2v) is 12.2. The average Bonchev–Trinajstić information content (AvgIpc) is 3.60. The van der Waals surface area contributed by atoms with E-state index in [0.29, 0.717) is 0 Å². The minimum absolute atomic E-state index is 0.844. The van der Waals surface area contributed by atoms with E-state index in [4.69, 9.17) is 4.42 Å². The zero-order valence-corrected chi connectivity index (χ0v) is 26.3. The molecule has 226 valence electrons. The van der Waals surface area contributed by atoms with Gasteiger partial charge < -0.3 is 9.32 Å². The lowest BCUT2D eigenvalue weighted by atomic mass is 9.97. The van der Waals surface area contributed by atoms with Gasteiger partial charge in [0, 0.05) is 22.0 Å². The minimum atomic E-state index is 0.844. The fraction of sp³-hybridized carbons (Fsp3) is 0. The van der Waals surface area contributed by atoms with Crippen LogP contribution < -0.4 is 4.90 Å². The van der Waals surface area contributed by atoms with Crippen LogP contribution in [0.5, 0.6) is 0 Å². The Morgan fingerprint density at radius 3 is 1.62 bits per heavy atom. The number of benzene rings is 8. The molecule has 2 nitrogen and oxygen atoms in total. The predicted molar refractivity (Wildman–Crippen MR) is 202 cm³/mol. The van der Waals surface area contributed by atoms with Crippen molar-refractivity contribution < 1.29 is 4.42 Å². The van der Waals surface area contributed by atoms with Gasteiger partial charge in [0.25, 0.3) is 0 Å². The highest BCUT2D eigenvalue weighted by Gasteiger charge is 2.22. The van der Waals surface area contributed by atoms with E-state index >= 15 is 0 Å². The standard InChI is InChI=1S/C46H31NO/c1-2-12-32(13-3-1)33-22-24-34(25-23-33)35-26-28-38(29-27-35)47(44-30-36-14-4-6-16-39(36)40-17-7-8-18-41(40)44)43-20-10-9-19-42(43)46-31-37-15-5-11-21-45(37)48-46/h1-31H. The van der Waals surface area contributed by atoms with Gasteiger partial charge in [-0.15, -0.1) is 0 Å². The first kappa shape index (κ1) is 27.9. The molecule has 9 aromatic rings. The number of nitrogens with zero attached hydrogens (tertiary/aromatic N) is 1. The molecule has 0 fully saturated rings. The Labute approximate surface area is 279 Å². The Kier molecular flexibility index (Phi) is 6.84. The van der Waals surface area contributed by atoms with Crippen LogP contribution in [0.2, 0.25) is 0 Å². The summed E-state index contributed by atoms with van der Waals surface area (Å²) in [5.74, 6) is 0.844. The number of fused-ring (bicyclic) bond motifs is 4. The van der Waals surface area contributed by atoms with Crippen molar-refractivity contribution in [2.75, 3.05) is 4.90 Å². The van der Waals surface area contributed by atoms with Crippen LogP contribution in [0.3, 0.4) is 0 Å². The second-order valence-electron chi connectivity index (χ2n) is 12.2. The van der Waals surface area contributed by atoms with Gasteiger partial charge in [0.05, 0.1) is 11.4 Å². The maximum absolute atomic E-state index is 6.47. The summed E-state index contributed by atoms with van der Waals surface area (Å²) in [5, 5.41) is 5.96. The molecule has 0 saturated heterocycles. The summed E-state index contributed by atoms with van der Waals surface area (Å²) < 4.78 is 6.47. The number of para-hydroxylation sites is 2. The smallest absolute Gasteiger partial charge is 0.137 e. The first-order chi connectivity index (χ1) is 23.8. The lowest BCUT2D eigenvalue weighted by molar-refractivity contribution is 0.631. The summed E-state index contributed by atoms with van der Waals surface area (Å²) in [7, 11) is 0. The predicted octanol–water partition coefficient (Wildman–Crippen LogP) is 13.2. The normalized spacial score (nSPS) is 11.3. The molecule has 1 heterocycles. The number of rotatable bonds is 6. The van der Waals surface area contributed by atoms with Crippen molar-refractivity contribution in [3.05, 3.63) is 188 Å². The maximum Gasteiger partial charge on any atom is 0.137 e. The molecule has 0 aliphatic heterocycles. The van der Waals surface area contributed by atoms with Gasteiger partial charge in [-0.1, -0.05) is 146 Å². The molecule has 0 aliphatic rings. The maximum atomic E-state index is 6.47. The van der Waals surface area contributed by atoms with Gasteiger partial charge in [-0.3, -0.25) is 0 Å². The van der Waals surface area contributed by atoms with E-state index in [1.54, 1.807) is 0 Å². The van der Waals surface area contributed by atoms with Crippen LogP contribution in [-0.2, 0) is 0 Å². The van der Waals surface area contributed by atoms with Gasteiger partial charge in [0.15, 0.2) is 0 Å². The summed E-state index contributed by atoms with van der Waals surface area (Å²) in [6.45, 7) is 0. The van der Waals surface area contributed by atoms with E-state index in [0.717, 1.165) is 39.4 Å². The largest absolute Gasteiger partial charge is 0.456 e. The number of hydrogen-bond acceptors (Lipinski definition) is 2. The van der Waals surface area contributed by atoms with Gasteiger partial charge in [-0.2, -0.15) is 0 Å². The Balaban J connectivity index is 1.22. The molecule has 2 heteroatoms. The van der Waals surface area contributed by atoms with Gasteiger partial charge in [-0.05, 0) is 80.9 Å². The monoisotopic (exact) mass is 613 g/mol. The summed E-state index contributed by atoms with van der Waals surface area (Å²) in [4.78, 5) is 2.39. The van der Waals surface area contributed by atoms with E-state index in [2.05, 4.69) is 181 Å². The third-order valence-electron chi connectivity index (χ3n) is 9.27. The molecular weight excluding hydrogens is 583 g/mol. The summed E-state index contributed by atoms with van der Waals surface area (Å²) in [6, 6.07) is 66.9. The van der Waals surface area contributed by atoms with Crippen LogP contribution in [0.15, 0.2) is 192 Å². The Morgan fingerprint density at radius 2 is 0.896 bits per heavy atom. The molecule has 0 atom stereocenters. The van der Waals surface area contributed by atoms with Crippen molar-refractivity contribution in [1.82, 2.24) is 0 Å². The molecule has 8 aromatic carbocycles. The fourth-order valence-electron chi connectivity index (χ4n) is 6.91. The summed E-state index contributed by atoms with van der Waals surface area (Å²) in [6.07, 6.45) is 0. The van der Waals surface area contributed by atoms with Crippen molar-refractivity contribution in [3.63, 3.8) is 0 Å². The van der Waals surface area contributed by atoms with Crippen molar-refractivity contribution in [3.8, 4) is 33.6 Å². The van der Waals surface area contributed by atoms with E-state index in [1.807, 2.05) is 12.1 Å². The van der Waals surface area contributed by atoms with Crippen LogP contribution >= 0.6 is 0 Å². The topological polar surface area (TPSA) is 16.4 Å². The van der Waals surface area contributed by atoms with Crippen LogP contribution in [0.1, 0.15) is 0 Å². The average molecular weight is 614 g/mol. The van der Waals surface area contributed by atoms with Gasteiger partial charge in [0.1, 0.15) is 11.3 Å². The molecule has 0 aliphatic carbocycles. The molecule has 0 radical (unpaired) electrons. The fourth-order valence-corrected chi connectivity index (χ4v) is 6.91. The molecule has 0 N–H and O–H groups in total. The summed E-state index contributed by atoms with van der Waals surface area (Å²) >= 11 is 0. The highest BCUT2D eigenvalue weighted by molar-refractivity contribution is 6.15. The molecule has 1 aromatic heterocycles. The molecule has 9 rings (SSSR count). The quantitative estimate of drug-likeness (QED) is 0.174. The van der Waals surface area contributed by atoms with E-state index in [9.17, 15) is 0 Å². The SMILES string of the molecule is c1ccc(-c2ccc(-c3ccc(N(c4ccccc4-c4cc5ccccc5o4)c4cc5ccccc5c5ccccc45)cc3)cc2)cc1. The molecule has 48 heavy (non-hydrogen) atoms. The minimum Gasteiger partial charge on any atom is -0.456 e. The second kappa shape index (κ2) is 11.8. The molecule has 0 spiro atoms. The molecular formula is C46H31NO. The third kappa shape index (κ3) is 4.92. The lowest BCUT2D eigenvalue weighted by Gasteiger charge is -2.29. The lowest BCUT2D eigenvalue weighted by Crippen LogP contribution is -2.12. The zero-order chi connectivity index (χ0) is 31.9. The van der Waals surface area contributed by atoms with Gasteiger partial charge >= 0.3 is 0 Å². The van der Waals surface area contributed by atoms with Crippen LogP contribution in [-0.4, -0.2) is 0 Å². The first-order valence-corrected chi connectivity index (χ1v) is 16.3. The molecule has 0 saturated carbocycles. The Bertz CT molecular complexity index is 2510. The number of hydrogen-bond donors (Lipinski definition) is 0. The molecule has 0 unspecified atom stereocenters. The molecule has 0 bridgehead atoms. The third-order valence-corrected chi connectivity index (χ3v) is 9.27. The summed E-state index contributed by atoms with van der Waals surface area (Å²) in [5.41, 5.74) is 9.96. The zero-order valence-electron chi connectivity index (χ0n) is 26.3. The number of anilines is 3. The Hall–Kier alpha value is -6.38. The van der Waals surface area contributed by atoms with E-state index in [1.165, 1.54) is 43.8 Å². The number of furan rings is 1. The van der Waals surface area contributed by atoms with Gasteiger partial charge in [-0.25, -0.2) is 0 Å². The van der Waals surface area contributed by atoms with Crippen LogP contribution in [0, 0.1) is 0 Å². The van der Waals surface area contributed by atoms with Gasteiger partial charge in [0.2, 0.25) is 0 Å². The van der Waals surface area contributed by atoms with Crippen molar-refractivity contribution in [2.24, 2.45) is 0 Å². The van der Waals surface area contributed by atoms with Crippen molar-refractivity contribution in [2.45, 2.75) is 0 Å². The van der Waals surface area contributed by atoms with E-state index < -0.39 is 0 Å². The Morgan fingerprint density at radius 1 is 0.354 bits per heavy atom.